The molecule has 0 bridgehead atoms. The molecule has 0 aromatic carbocycles. The van der Waals surface area contributed by atoms with Crippen LogP contribution in [0, 0.1) is 23.7 Å². The molecule has 1 aromatic rings. The van der Waals surface area contributed by atoms with Gasteiger partial charge >= 0.3 is 0 Å². The molecule has 0 radical (unpaired) electrons. The van der Waals surface area contributed by atoms with Crippen molar-refractivity contribution >= 4 is 0 Å². The van der Waals surface area contributed by atoms with E-state index in [-0.39, 0.29) is 0 Å². The Kier molecular flexibility index (Phi) is 5.78. The van der Waals surface area contributed by atoms with E-state index in [9.17, 15) is 0 Å². The third kappa shape index (κ3) is 3.71. The normalized spacial score (nSPS) is 47.6. The van der Waals surface area contributed by atoms with Crippen LogP contribution >= 0.6 is 0 Å². The van der Waals surface area contributed by atoms with E-state index in [1.165, 1.54) is 103 Å². The van der Waals surface area contributed by atoms with E-state index < -0.39 is 0 Å². The van der Waals surface area contributed by atoms with E-state index in [1.807, 2.05) is 0 Å². The predicted octanol–water partition coefficient (Wildman–Crippen LogP) is 6.53. The first kappa shape index (κ1) is 21.4. The molecule has 0 spiro atoms. The zero-order chi connectivity index (χ0) is 21.8. The van der Waals surface area contributed by atoms with Gasteiger partial charge in [0.05, 0.1) is 24.4 Å². The Morgan fingerprint density at radius 1 is 0.424 bits per heavy atom. The fourth-order valence-electron chi connectivity index (χ4n) is 9.15. The Bertz CT molecular complexity index is 717. The van der Waals surface area contributed by atoms with Crippen LogP contribution in [0.2, 0.25) is 0 Å². The largest absolute Gasteiger partial charge is 0.425 e. The van der Waals surface area contributed by atoms with Gasteiger partial charge in [0.2, 0.25) is 11.8 Å². The summed E-state index contributed by atoms with van der Waals surface area (Å²) >= 11 is 0. The van der Waals surface area contributed by atoms with Gasteiger partial charge in [-0.3, -0.25) is 0 Å². The van der Waals surface area contributed by atoms with E-state index in [0.717, 1.165) is 11.8 Å². The topological polar surface area (TPSA) is 57.4 Å². The van der Waals surface area contributed by atoms with Gasteiger partial charge in [-0.25, -0.2) is 0 Å². The fraction of sp³-hybridized carbons (Fsp3) is 0.929. The molecule has 5 nitrogen and oxygen atoms in total. The Labute approximate surface area is 198 Å². The van der Waals surface area contributed by atoms with E-state index in [0.29, 0.717) is 59.9 Å². The first-order chi connectivity index (χ1) is 16.4. The van der Waals surface area contributed by atoms with Crippen molar-refractivity contribution in [2.24, 2.45) is 23.7 Å². The lowest BCUT2D eigenvalue weighted by molar-refractivity contribution is -0.159. The minimum atomic E-state index is 0.409. The maximum absolute atomic E-state index is 6.83. The molecule has 8 atom stereocenters. The summed E-state index contributed by atoms with van der Waals surface area (Å²) in [6.45, 7) is 0. The summed E-state index contributed by atoms with van der Waals surface area (Å²) in [5, 5.41) is 9.72. The monoisotopic (exact) mass is 454 g/mol. The van der Waals surface area contributed by atoms with Crippen molar-refractivity contribution in [2.45, 2.75) is 139 Å². The summed E-state index contributed by atoms with van der Waals surface area (Å²) in [5.74, 6) is 5.06. The van der Waals surface area contributed by atoms with Crippen LogP contribution in [-0.2, 0) is 9.47 Å². The average Bonchev–Trinajstić information content (AvgIpc) is 3.35. The lowest BCUT2D eigenvalue weighted by atomic mass is 9.65. The molecule has 6 aliphatic rings. The van der Waals surface area contributed by atoms with Crippen molar-refractivity contribution in [3.8, 4) is 0 Å². The van der Waals surface area contributed by atoms with Gasteiger partial charge in [-0.1, -0.05) is 51.4 Å². The van der Waals surface area contributed by atoms with Crippen LogP contribution in [0.1, 0.15) is 126 Å². The predicted molar refractivity (Wildman–Crippen MR) is 125 cm³/mol. The van der Waals surface area contributed by atoms with Gasteiger partial charge in [-0.05, 0) is 75.0 Å². The van der Waals surface area contributed by atoms with Crippen molar-refractivity contribution in [3.63, 3.8) is 0 Å². The molecule has 1 aromatic heterocycles. The number of fused-ring (bicyclic) bond motifs is 4. The molecule has 6 fully saturated rings. The van der Waals surface area contributed by atoms with Gasteiger partial charge in [0.1, 0.15) is 0 Å². The molecule has 0 N–H and O–H groups in total. The standard InChI is InChI=1S/C28H42N2O3/c1-5-13-21-17(9-1)25(18-10-2-6-14-22(18)31-21)27-29-30-28(33-27)26-19-11-3-7-15-23(19)32-24-16-8-4-12-20(24)26/h17-26H,1-16H2. The second kappa shape index (κ2) is 8.93. The van der Waals surface area contributed by atoms with Crippen molar-refractivity contribution in [1.29, 1.82) is 0 Å². The summed E-state index contributed by atoms with van der Waals surface area (Å²) in [6.07, 6.45) is 22.1. The smallest absolute Gasteiger partial charge is 0.220 e. The highest BCUT2D eigenvalue weighted by molar-refractivity contribution is 5.11. The van der Waals surface area contributed by atoms with Gasteiger partial charge < -0.3 is 13.9 Å². The van der Waals surface area contributed by atoms with Gasteiger partial charge in [0.15, 0.2) is 0 Å². The van der Waals surface area contributed by atoms with Crippen molar-refractivity contribution in [3.05, 3.63) is 11.8 Å². The highest BCUT2D eigenvalue weighted by Crippen LogP contribution is 2.54. The maximum atomic E-state index is 6.83. The fourth-order valence-corrected chi connectivity index (χ4v) is 9.15. The summed E-state index contributed by atoms with van der Waals surface area (Å²) in [4.78, 5) is 0. The second-order valence-corrected chi connectivity index (χ2v) is 12.2. The van der Waals surface area contributed by atoms with E-state index in [4.69, 9.17) is 24.1 Å². The Morgan fingerprint density at radius 3 is 1.06 bits per heavy atom. The quantitative estimate of drug-likeness (QED) is 0.508. The summed E-state index contributed by atoms with van der Waals surface area (Å²) in [5.41, 5.74) is 0. The van der Waals surface area contributed by atoms with Crippen LogP contribution in [0.5, 0.6) is 0 Å². The highest BCUT2D eigenvalue weighted by Gasteiger charge is 2.52. The van der Waals surface area contributed by atoms with Gasteiger partial charge in [-0.2, -0.15) is 0 Å². The van der Waals surface area contributed by atoms with E-state index in [2.05, 4.69) is 0 Å². The van der Waals surface area contributed by atoms with Gasteiger partial charge in [0, 0.05) is 11.8 Å². The molecule has 0 amide bonds. The summed E-state index contributed by atoms with van der Waals surface area (Å²) in [7, 11) is 0. The number of hydrogen-bond acceptors (Lipinski definition) is 5. The summed E-state index contributed by atoms with van der Waals surface area (Å²) in [6, 6.07) is 0. The number of aromatic nitrogens is 2. The molecule has 4 aliphatic carbocycles. The summed E-state index contributed by atoms with van der Waals surface area (Å²) < 4.78 is 20.2. The number of rotatable bonds is 2. The van der Waals surface area contributed by atoms with Crippen molar-refractivity contribution in [1.82, 2.24) is 10.2 Å². The molecule has 5 heteroatoms. The molecule has 2 saturated heterocycles. The minimum absolute atomic E-state index is 0.409. The molecular weight excluding hydrogens is 412 g/mol. The molecule has 3 heterocycles. The van der Waals surface area contributed by atoms with Crippen LogP contribution in [0.3, 0.4) is 0 Å². The van der Waals surface area contributed by atoms with E-state index in [1.54, 1.807) is 0 Å². The second-order valence-electron chi connectivity index (χ2n) is 12.2. The minimum Gasteiger partial charge on any atom is -0.425 e. The van der Waals surface area contributed by atoms with Gasteiger partial charge in [-0.15, -0.1) is 10.2 Å². The zero-order valence-corrected chi connectivity index (χ0v) is 20.2. The number of hydrogen-bond donors (Lipinski definition) is 0. The molecule has 7 rings (SSSR count). The highest BCUT2D eigenvalue weighted by atomic mass is 16.5. The van der Waals surface area contributed by atoms with Gasteiger partial charge in [0.25, 0.3) is 0 Å². The van der Waals surface area contributed by atoms with Crippen LogP contribution in [0.4, 0.5) is 0 Å². The Balaban J connectivity index is 1.22. The third-order valence-electron chi connectivity index (χ3n) is 10.6. The molecule has 8 unspecified atom stereocenters. The average molecular weight is 455 g/mol. The molecular formula is C28H42N2O3. The van der Waals surface area contributed by atoms with Crippen molar-refractivity contribution < 1.29 is 13.9 Å². The lowest BCUT2D eigenvalue weighted by Gasteiger charge is -2.50. The molecule has 182 valence electrons. The van der Waals surface area contributed by atoms with E-state index >= 15 is 0 Å². The number of ether oxygens (including phenoxy) is 2. The first-order valence-corrected chi connectivity index (χ1v) is 14.5. The zero-order valence-electron chi connectivity index (χ0n) is 20.2. The Hall–Kier alpha value is -0.940. The van der Waals surface area contributed by atoms with Crippen LogP contribution in [0.25, 0.3) is 0 Å². The SMILES string of the molecule is C1CCC2C(C1)OC1CCCCC1C2c1nnc(C2C3CCCCC3OC3CCCCC32)o1. The first-order valence-electron chi connectivity index (χ1n) is 14.5. The van der Waals surface area contributed by atoms with Crippen LogP contribution in [-0.4, -0.2) is 34.6 Å². The molecule has 2 aliphatic heterocycles. The van der Waals surface area contributed by atoms with Crippen LogP contribution in [0.15, 0.2) is 4.42 Å². The van der Waals surface area contributed by atoms with Crippen molar-refractivity contribution in [2.75, 3.05) is 0 Å². The van der Waals surface area contributed by atoms with Crippen LogP contribution < -0.4 is 0 Å². The Morgan fingerprint density at radius 2 is 0.727 bits per heavy atom. The number of nitrogens with zero attached hydrogens (tertiary/aromatic N) is 2. The molecule has 4 saturated carbocycles. The third-order valence-corrected chi connectivity index (χ3v) is 10.6. The lowest BCUT2D eigenvalue weighted by Crippen LogP contribution is -2.49. The molecule has 33 heavy (non-hydrogen) atoms. The maximum Gasteiger partial charge on any atom is 0.220 e.